The lowest BCUT2D eigenvalue weighted by atomic mass is 9.97. The van der Waals surface area contributed by atoms with Gasteiger partial charge in [0, 0.05) is 37.3 Å². The van der Waals surface area contributed by atoms with Gasteiger partial charge in [0.25, 0.3) is 0 Å². The summed E-state index contributed by atoms with van der Waals surface area (Å²) < 4.78 is 1.76. The zero-order valence-corrected chi connectivity index (χ0v) is 13.3. The van der Waals surface area contributed by atoms with Gasteiger partial charge in [0.1, 0.15) is 0 Å². The molecule has 3 rings (SSSR count). The van der Waals surface area contributed by atoms with Crippen LogP contribution in [0.4, 0.5) is 0 Å². The molecule has 0 fully saturated rings. The van der Waals surface area contributed by atoms with E-state index in [1.54, 1.807) is 23.1 Å². The second-order valence-electron chi connectivity index (χ2n) is 5.53. The Hall–Kier alpha value is -3.21. The van der Waals surface area contributed by atoms with E-state index in [2.05, 4.69) is 10.1 Å². The molecular weight excluding hydrogens is 302 g/mol. The number of aliphatic carboxylic acids is 1. The lowest BCUT2D eigenvalue weighted by molar-refractivity contribution is -0.131. The van der Waals surface area contributed by atoms with Crippen LogP contribution in [0.25, 0.3) is 16.7 Å². The Labute approximate surface area is 139 Å². The van der Waals surface area contributed by atoms with Gasteiger partial charge in [0.05, 0.1) is 6.20 Å². The third kappa shape index (κ3) is 3.76. The summed E-state index contributed by atoms with van der Waals surface area (Å²) in [6.45, 7) is 0. The van der Waals surface area contributed by atoms with Gasteiger partial charge in [0.15, 0.2) is 0 Å². The molecule has 5 heteroatoms. The molecule has 0 bridgehead atoms. The third-order valence-electron chi connectivity index (χ3n) is 3.72. The van der Waals surface area contributed by atoms with E-state index in [1.165, 1.54) is 6.08 Å². The number of aryl methyl sites for hydroxylation is 1. The minimum Gasteiger partial charge on any atom is -0.478 e. The first-order valence-corrected chi connectivity index (χ1v) is 7.53. The van der Waals surface area contributed by atoms with E-state index < -0.39 is 5.97 Å². The normalized spacial score (nSPS) is 11.5. The Kier molecular flexibility index (Phi) is 4.52. The number of pyridine rings is 1. The molecule has 0 atom stereocenters. The monoisotopic (exact) mass is 319 g/mol. The van der Waals surface area contributed by atoms with Crippen molar-refractivity contribution < 1.29 is 9.90 Å². The molecule has 1 N–H and O–H groups in total. The number of nitrogens with zero attached hydrogens (tertiary/aromatic N) is 3. The lowest BCUT2D eigenvalue weighted by Crippen LogP contribution is -1.97. The van der Waals surface area contributed by atoms with Crippen molar-refractivity contribution in [2.45, 2.75) is 6.42 Å². The first-order valence-electron chi connectivity index (χ1n) is 7.53. The molecule has 0 unspecified atom stereocenters. The Morgan fingerprint density at radius 1 is 1.17 bits per heavy atom. The number of allylic oxidation sites excluding steroid dienone is 1. The van der Waals surface area contributed by atoms with Gasteiger partial charge in [-0.05, 0) is 34.8 Å². The van der Waals surface area contributed by atoms with Crippen LogP contribution in [0.2, 0.25) is 0 Å². The maximum absolute atomic E-state index is 11.1. The summed E-state index contributed by atoms with van der Waals surface area (Å²) in [5.41, 5.74) is 4.72. The molecule has 120 valence electrons. The molecule has 0 saturated heterocycles. The second kappa shape index (κ2) is 6.91. The van der Waals surface area contributed by atoms with Gasteiger partial charge in [-0.3, -0.25) is 9.67 Å². The fourth-order valence-corrected chi connectivity index (χ4v) is 2.54. The molecule has 0 amide bonds. The zero-order valence-electron chi connectivity index (χ0n) is 13.3. The van der Waals surface area contributed by atoms with Crippen LogP contribution >= 0.6 is 0 Å². The van der Waals surface area contributed by atoms with Gasteiger partial charge in [0.2, 0.25) is 0 Å². The first kappa shape index (κ1) is 15.7. The third-order valence-corrected chi connectivity index (χ3v) is 3.72. The van der Waals surface area contributed by atoms with E-state index in [-0.39, 0.29) is 0 Å². The lowest BCUT2D eigenvalue weighted by Gasteiger charge is -2.08. The fourth-order valence-electron chi connectivity index (χ4n) is 2.54. The van der Waals surface area contributed by atoms with E-state index in [4.69, 9.17) is 5.11 Å². The SMILES string of the molecule is Cn1cc(-c2ccc(C/C(=C/C(=O)O)c3cccnc3)cc2)cn1. The van der Waals surface area contributed by atoms with Gasteiger partial charge >= 0.3 is 5.97 Å². The van der Waals surface area contributed by atoms with Crippen LogP contribution in [0.5, 0.6) is 0 Å². The molecule has 5 nitrogen and oxygen atoms in total. The summed E-state index contributed by atoms with van der Waals surface area (Å²) in [6.07, 6.45) is 8.90. The molecule has 1 aromatic carbocycles. The summed E-state index contributed by atoms with van der Waals surface area (Å²) in [6, 6.07) is 11.7. The standard InChI is InChI=1S/C19H17N3O2/c1-22-13-18(12-21-22)15-6-4-14(5-7-15)9-17(10-19(23)24)16-3-2-8-20-11-16/h2-8,10-13H,9H2,1H3,(H,23,24)/b17-10-. The van der Waals surface area contributed by atoms with E-state index in [9.17, 15) is 4.79 Å². The van der Waals surface area contributed by atoms with Gasteiger partial charge in [-0.25, -0.2) is 4.79 Å². The highest BCUT2D eigenvalue weighted by Crippen LogP contribution is 2.23. The number of carbonyl (C=O) groups is 1. The molecule has 2 aromatic heterocycles. The Morgan fingerprint density at radius 3 is 2.54 bits per heavy atom. The largest absolute Gasteiger partial charge is 0.478 e. The highest BCUT2D eigenvalue weighted by Gasteiger charge is 2.07. The highest BCUT2D eigenvalue weighted by atomic mass is 16.4. The number of hydrogen-bond donors (Lipinski definition) is 1. The quantitative estimate of drug-likeness (QED) is 0.733. The molecule has 2 heterocycles. The van der Waals surface area contributed by atoms with Crippen LogP contribution in [-0.2, 0) is 18.3 Å². The second-order valence-corrected chi connectivity index (χ2v) is 5.53. The Balaban J connectivity index is 1.84. The molecule has 0 aliphatic rings. The van der Waals surface area contributed by atoms with Crippen LogP contribution in [0.15, 0.2) is 67.3 Å². The highest BCUT2D eigenvalue weighted by molar-refractivity contribution is 5.90. The summed E-state index contributed by atoms with van der Waals surface area (Å²) in [5, 5.41) is 13.3. The van der Waals surface area contributed by atoms with Crippen LogP contribution in [0.1, 0.15) is 11.1 Å². The number of aromatic nitrogens is 3. The van der Waals surface area contributed by atoms with Crippen molar-refractivity contribution in [1.29, 1.82) is 0 Å². The van der Waals surface area contributed by atoms with Gasteiger partial charge in [-0.15, -0.1) is 0 Å². The van der Waals surface area contributed by atoms with Crippen LogP contribution in [-0.4, -0.2) is 25.8 Å². The molecule has 0 aliphatic heterocycles. The number of benzene rings is 1. The number of carboxylic acid groups (broad SMARTS) is 1. The molecule has 0 aliphatic carbocycles. The number of rotatable bonds is 5. The van der Waals surface area contributed by atoms with Gasteiger partial charge < -0.3 is 5.11 Å². The van der Waals surface area contributed by atoms with Crippen LogP contribution in [0, 0.1) is 0 Å². The van der Waals surface area contributed by atoms with Crippen LogP contribution in [0.3, 0.4) is 0 Å². The Bertz CT molecular complexity index is 865. The predicted octanol–water partition coefficient (Wildman–Crippen LogP) is 3.19. The predicted molar refractivity (Wildman–Crippen MR) is 92.2 cm³/mol. The van der Waals surface area contributed by atoms with Crippen molar-refractivity contribution in [1.82, 2.24) is 14.8 Å². The topological polar surface area (TPSA) is 68.0 Å². The molecular formula is C19H17N3O2. The van der Waals surface area contributed by atoms with Crippen molar-refractivity contribution >= 4 is 11.5 Å². The number of hydrogen-bond acceptors (Lipinski definition) is 3. The maximum atomic E-state index is 11.1. The molecule has 3 aromatic rings. The van der Waals surface area contributed by atoms with Crippen molar-refractivity contribution in [3.63, 3.8) is 0 Å². The van der Waals surface area contributed by atoms with Crippen molar-refractivity contribution in [3.05, 3.63) is 78.4 Å². The molecule has 0 radical (unpaired) electrons. The first-order chi connectivity index (χ1) is 11.6. The van der Waals surface area contributed by atoms with Crippen LogP contribution < -0.4 is 0 Å². The zero-order chi connectivity index (χ0) is 16.9. The average molecular weight is 319 g/mol. The van der Waals surface area contributed by atoms with E-state index in [1.807, 2.05) is 49.8 Å². The van der Waals surface area contributed by atoms with Gasteiger partial charge in [-0.2, -0.15) is 5.10 Å². The number of carboxylic acids is 1. The molecule has 24 heavy (non-hydrogen) atoms. The van der Waals surface area contributed by atoms with Crippen molar-refractivity contribution in [2.75, 3.05) is 0 Å². The average Bonchev–Trinajstić information content (AvgIpc) is 3.02. The Morgan fingerprint density at radius 2 is 1.96 bits per heavy atom. The molecule has 0 saturated carbocycles. The van der Waals surface area contributed by atoms with Crippen molar-refractivity contribution in [2.24, 2.45) is 7.05 Å². The molecule has 0 spiro atoms. The fraction of sp³-hybridized carbons (Fsp3) is 0.105. The summed E-state index contributed by atoms with van der Waals surface area (Å²) in [5.74, 6) is -0.958. The summed E-state index contributed by atoms with van der Waals surface area (Å²) in [7, 11) is 1.88. The van der Waals surface area contributed by atoms with Gasteiger partial charge in [-0.1, -0.05) is 30.3 Å². The summed E-state index contributed by atoms with van der Waals surface area (Å²) >= 11 is 0. The minimum atomic E-state index is -0.958. The smallest absolute Gasteiger partial charge is 0.328 e. The van der Waals surface area contributed by atoms with E-state index >= 15 is 0 Å². The maximum Gasteiger partial charge on any atom is 0.328 e. The summed E-state index contributed by atoms with van der Waals surface area (Å²) in [4.78, 5) is 15.2. The van der Waals surface area contributed by atoms with E-state index in [0.29, 0.717) is 6.42 Å². The minimum absolute atomic E-state index is 0.533. The van der Waals surface area contributed by atoms with E-state index in [0.717, 1.165) is 27.8 Å². The van der Waals surface area contributed by atoms with Crippen molar-refractivity contribution in [3.8, 4) is 11.1 Å².